The third-order valence-corrected chi connectivity index (χ3v) is 5.62. The highest BCUT2D eigenvalue weighted by Crippen LogP contribution is 2.29. The smallest absolute Gasteiger partial charge is 0.265 e. The molecule has 0 saturated carbocycles. The van der Waals surface area contributed by atoms with Crippen LogP contribution in [0.25, 0.3) is 11.0 Å². The van der Waals surface area contributed by atoms with Gasteiger partial charge < -0.3 is 5.32 Å². The van der Waals surface area contributed by atoms with Gasteiger partial charge >= 0.3 is 0 Å². The highest BCUT2D eigenvalue weighted by atomic mass is 35.5. The van der Waals surface area contributed by atoms with Crippen molar-refractivity contribution < 1.29 is 4.79 Å². The maximum atomic E-state index is 13.2. The van der Waals surface area contributed by atoms with Gasteiger partial charge in [-0.25, -0.2) is 4.98 Å². The van der Waals surface area contributed by atoms with E-state index in [0.717, 1.165) is 5.56 Å². The second kappa shape index (κ2) is 8.48. The number of carbonyl (C=O) groups excluding carboxylic acids is 1. The molecule has 0 bridgehead atoms. The quantitative estimate of drug-likeness (QED) is 0.429. The number of amides is 1. The van der Waals surface area contributed by atoms with Gasteiger partial charge in [0.15, 0.2) is 0 Å². The van der Waals surface area contributed by atoms with Crippen molar-refractivity contribution in [3.63, 3.8) is 0 Å². The van der Waals surface area contributed by atoms with E-state index in [1.807, 2.05) is 12.1 Å². The zero-order valence-electron chi connectivity index (χ0n) is 15.4. The van der Waals surface area contributed by atoms with Gasteiger partial charge in [-0.1, -0.05) is 53.0 Å². The minimum atomic E-state index is -0.584. The summed E-state index contributed by atoms with van der Waals surface area (Å²) in [4.78, 5) is 30.5. The number of anilines is 1. The van der Waals surface area contributed by atoms with E-state index in [1.54, 1.807) is 48.7 Å². The third-order valence-electron chi connectivity index (χ3n) is 4.55. The number of rotatable bonds is 4. The highest BCUT2D eigenvalue weighted by Gasteiger charge is 2.18. The van der Waals surface area contributed by atoms with Gasteiger partial charge in [-0.3, -0.25) is 14.2 Å². The van der Waals surface area contributed by atoms with Crippen LogP contribution in [0.2, 0.25) is 15.1 Å². The summed E-state index contributed by atoms with van der Waals surface area (Å²) in [6.45, 7) is 0.239. The lowest BCUT2D eigenvalue weighted by molar-refractivity contribution is 0.102. The fraction of sp³-hybridized carbons (Fsp3) is 0.0455. The summed E-state index contributed by atoms with van der Waals surface area (Å²) in [5, 5.41) is 4.43. The van der Waals surface area contributed by atoms with Crippen LogP contribution < -0.4 is 10.9 Å². The van der Waals surface area contributed by atoms with Crippen molar-refractivity contribution in [1.82, 2.24) is 9.55 Å². The van der Waals surface area contributed by atoms with Gasteiger partial charge in [-0.05, 0) is 48.0 Å². The summed E-state index contributed by atoms with van der Waals surface area (Å²) in [7, 11) is 0. The Hall–Kier alpha value is -2.86. The summed E-state index contributed by atoms with van der Waals surface area (Å²) >= 11 is 18.1. The first-order valence-electron chi connectivity index (χ1n) is 8.92. The number of carbonyl (C=O) groups is 1. The Labute approximate surface area is 186 Å². The van der Waals surface area contributed by atoms with E-state index in [0.29, 0.717) is 26.8 Å². The number of fused-ring (bicyclic) bond motifs is 1. The monoisotopic (exact) mass is 457 g/mol. The standard InChI is InChI=1S/C22H14Cl3N3O2/c23-15-8-6-13(7-9-15)12-28-20-14(3-2-10-26-20)11-16(22(28)30)21(29)27-18-5-1-4-17(24)19(18)25/h1-11H,12H2,(H,27,29). The summed E-state index contributed by atoms with van der Waals surface area (Å²) in [5.41, 5.74) is 1.16. The second-order valence-corrected chi connectivity index (χ2v) is 7.77. The molecule has 0 unspecified atom stereocenters. The lowest BCUT2D eigenvalue weighted by Crippen LogP contribution is -2.30. The lowest BCUT2D eigenvalue weighted by atomic mass is 10.1. The number of nitrogens with zero attached hydrogens (tertiary/aromatic N) is 2. The minimum absolute atomic E-state index is 0.0273. The molecule has 150 valence electrons. The SMILES string of the molecule is O=C(Nc1cccc(Cl)c1Cl)c1cc2cccnc2n(Cc2ccc(Cl)cc2)c1=O. The Morgan fingerprint density at radius 3 is 2.53 bits per heavy atom. The van der Waals surface area contributed by atoms with E-state index in [2.05, 4.69) is 10.3 Å². The lowest BCUT2D eigenvalue weighted by Gasteiger charge is -2.13. The average Bonchev–Trinajstić information content (AvgIpc) is 2.74. The van der Waals surface area contributed by atoms with Crippen molar-refractivity contribution in [1.29, 1.82) is 0 Å². The summed E-state index contributed by atoms with van der Waals surface area (Å²) < 4.78 is 1.47. The number of pyridine rings is 2. The topological polar surface area (TPSA) is 64.0 Å². The number of aromatic nitrogens is 2. The predicted octanol–water partition coefficient (Wildman–Crippen LogP) is 5.66. The first-order chi connectivity index (χ1) is 14.4. The Kier molecular flexibility index (Phi) is 5.77. The molecule has 0 aliphatic rings. The Balaban J connectivity index is 1.79. The van der Waals surface area contributed by atoms with Crippen LogP contribution in [0.1, 0.15) is 15.9 Å². The Morgan fingerprint density at radius 1 is 1.00 bits per heavy atom. The summed E-state index contributed by atoms with van der Waals surface area (Å²) in [5.74, 6) is -0.584. The van der Waals surface area contributed by atoms with Crippen molar-refractivity contribution in [2.75, 3.05) is 5.32 Å². The number of hydrogen-bond acceptors (Lipinski definition) is 3. The Morgan fingerprint density at radius 2 is 1.77 bits per heavy atom. The molecule has 0 spiro atoms. The van der Waals surface area contributed by atoms with Crippen molar-refractivity contribution in [2.24, 2.45) is 0 Å². The molecule has 0 atom stereocenters. The molecule has 8 heteroatoms. The van der Waals surface area contributed by atoms with Crippen molar-refractivity contribution in [3.05, 3.63) is 103 Å². The van der Waals surface area contributed by atoms with Gasteiger partial charge in [0.1, 0.15) is 11.2 Å². The second-order valence-electron chi connectivity index (χ2n) is 6.55. The first-order valence-corrected chi connectivity index (χ1v) is 10.1. The van der Waals surface area contributed by atoms with E-state index >= 15 is 0 Å². The largest absolute Gasteiger partial charge is 0.320 e. The van der Waals surface area contributed by atoms with E-state index in [1.165, 1.54) is 10.6 Å². The molecule has 0 aliphatic carbocycles. The van der Waals surface area contributed by atoms with E-state index < -0.39 is 11.5 Å². The van der Waals surface area contributed by atoms with Crippen LogP contribution in [-0.2, 0) is 6.54 Å². The van der Waals surface area contributed by atoms with E-state index in [9.17, 15) is 9.59 Å². The van der Waals surface area contributed by atoms with Crippen LogP contribution in [0.3, 0.4) is 0 Å². The Bertz CT molecular complexity index is 1320. The zero-order chi connectivity index (χ0) is 21.3. The molecule has 4 rings (SSSR count). The molecule has 2 heterocycles. The van der Waals surface area contributed by atoms with Crippen LogP contribution in [0.5, 0.6) is 0 Å². The van der Waals surface area contributed by atoms with Gasteiger partial charge in [-0.2, -0.15) is 0 Å². The van der Waals surface area contributed by atoms with Crippen LogP contribution in [-0.4, -0.2) is 15.5 Å². The molecule has 4 aromatic rings. The number of benzene rings is 2. The first kappa shape index (κ1) is 20.4. The van der Waals surface area contributed by atoms with Crippen molar-refractivity contribution >= 4 is 57.4 Å². The molecule has 0 radical (unpaired) electrons. The molecule has 2 aromatic carbocycles. The molecule has 0 saturated heterocycles. The molecule has 1 N–H and O–H groups in total. The molecule has 2 aromatic heterocycles. The number of nitrogens with one attached hydrogen (secondary N) is 1. The maximum Gasteiger partial charge on any atom is 0.265 e. The van der Waals surface area contributed by atoms with Gasteiger partial charge in [-0.15, -0.1) is 0 Å². The predicted molar refractivity (Wildman–Crippen MR) is 121 cm³/mol. The van der Waals surface area contributed by atoms with Gasteiger partial charge in [0.05, 0.1) is 22.3 Å². The van der Waals surface area contributed by atoms with Crippen LogP contribution in [0.15, 0.2) is 71.7 Å². The normalized spacial score (nSPS) is 10.9. The molecule has 30 heavy (non-hydrogen) atoms. The maximum absolute atomic E-state index is 13.2. The number of hydrogen-bond donors (Lipinski definition) is 1. The fourth-order valence-electron chi connectivity index (χ4n) is 3.08. The minimum Gasteiger partial charge on any atom is -0.320 e. The van der Waals surface area contributed by atoms with Crippen molar-refractivity contribution in [2.45, 2.75) is 6.54 Å². The van der Waals surface area contributed by atoms with E-state index in [4.69, 9.17) is 34.8 Å². The van der Waals surface area contributed by atoms with Gasteiger partial charge in [0.2, 0.25) is 0 Å². The van der Waals surface area contributed by atoms with Gasteiger partial charge in [0, 0.05) is 16.6 Å². The molecular weight excluding hydrogens is 445 g/mol. The number of halogens is 3. The van der Waals surface area contributed by atoms with E-state index in [-0.39, 0.29) is 17.1 Å². The average molecular weight is 459 g/mol. The van der Waals surface area contributed by atoms with Crippen LogP contribution in [0, 0.1) is 0 Å². The molecule has 5 nitrogen and oxygen atoms in total. The van der Waals surface area contributed by atoms with Crippen LogP contribution in [0.4, 0.5) is 5.69 Å². The fourth-order valence-corrected chi connectivity index (χ4v) is 3.55. The van der Waals surface area contributed by atoms with Crippen LogP contribution >= 0.6 is 34.8 Å². The molecule has 1 amide bonds. The highest BCUT2D eigenvalue weighted by molar-refractivity contribution is 6.44. The molecule has 0 fully saturated rings. The third kappa shape index (κ3) is 4.05. The van der Waals surface area contributed by atoms with Crippen molar-refractivity contribution in [3.8, 4) is 0 Å². The molecule has 0 aliphatic heterocycles. The van der Waals surface area contributed by atoms with Gasteiger partial charge in [0.25, 0.3) is 11.5 Å². The summed E-state index contributed by atoms with van der Waals surface area (Å²) in [6.07, 6.45) is 1.60. The summed E-state index contributed by atoms with van der Waals surface area (Å²) in [6, 6.07) is 17.1. The zero-order valence-corrected chi connectivity index (χ0v) is 17.7. The molecular formula is C22H14Cl3N3O2.